The molecule has 9 atom stereocenters. The van der Waals surface area contributed by atoms with E-state index in [0.29, 0.717) is 35.0 Å². The van der Waals surface area contributed by atoms with Crippen molar-refractivity contribution in [3.8, 4) is 0 Å². The van der Waals surface area contributed by atoms with Crippen molar-refractivity contribution in [3.63, 3.8) is 0 Å². The Morgan fingerprint density at radius 1 is 1.00 bits per heavy atom. The summed E-state index contributed by atoms with van der Waals surface area (Å²) in [4.78, 5) is 22.5. The molecule has 4 saturated carbocycles. The Labute approximate surface area is 182 Å². The second kappa shape index (κ2) is 8.13. The van der Waals surface area contributed by atoms with Crippen molar-refractivity contribution in [1.82, 2.24) is 0 Å². The molecule has 170 valence electrons. The highest BCUT2D eigenvalue weighted by molar-refractivity contribution is 5.66. The van der Waals surface area contributed by atoms with Gasteiger partial charge in [-0.1, -0.05) is 20.8 Å². The van der Waals surface area contributed by atoms with Gasteiger partial charge in [0.25, 0.3) is 0 Å². The highest BCUT2D eigenvalue weighted by Crippen LogP contribution is 2.68. The van der Waals surface area contributed by atoms with Crippen molar-refractivity contribution >= 4 is 11.9 Å². The monoisotopic (exact) mass is 418 g/mol. The zero-order chi connectivity index (χ0) is 21.7. The molecule has 0 aromatic heterocycles. The first kappa shape index (κ1) is 22.1. The number of carbonyl (C=O) groups is 2. The van der Waals surface area contributed by atoms with Gasteiger partial charge in [0, 0.05) is 13.3 Å². The van der Waals surface area contributed by atoms with Gasteiger partial charge in [-0.3, -0.25) is 9.59 Å². The molecule has 0 saturated heterocycles. The zero-order valence-electron chi connectivity index (χ0n) is 19.5. The predicted octanol–water partition coefficient (Wildman–Crippen LogP) is 6.08. The Hall–Kier alpha value is -1.06. The van der Waals surface area contributed by atoms with Crippen LogP contribution in [0.3, 0.4) is 0 Å². The summed E-state index contributed by atoms with van der Waals surface area (Å²) in [5.41, 5.74) is 0.811. The van der Waals surface area contributed by atoms with Gasteiger partial charge in [0.05, 0.1) is 0 Å². The van der Waals surface area contributed by atoms with E-state index in [2.05, 4.69) is 20.8 Å². The maximum atomic E-state index is 11.5. The second-order valence-electron chi connectivity index (χ2n) is 11.8. The van der Waals surface area contributed by atoms with E-state index in [0.717, 1.165) is 37.0 Å². The van der Waals surface area contributed by atoms with Crippen LogP contribution in [0, 0.1) is 46.3 Å². The molecule has 4 nitrogen and oxygen atoms in total. The number of fused-ring (bicyclic) bond motifs is 5. The van der Waals surface area contributed by atoms with Crippen molar-refractivity contribution in [1.29, 1.82) is 0 Å². The molecule has 0 spiro atoms. The Bertz CT molecular complexity index is 674. The third-order valence-electron chi connectivity index (χ3n) is 10.5. The lowest BCUT2D eigenvalue weighted by molar-refractivity contribution is -0.160. The van der Waals surface area contributed by atoms with Crippen LogP contribution in [0.25, 0.3) is 0 Å². The van der Waals surface area contributed by atoms with Crippen LogP contribution < -0.4 is 0 Å². The van der Waals surface area contributed by atoms with E-state index in [4.69, 9.17) is 9.84 Å². The molecule has 4 aliphatic carbocycles. The normalized spacial score (nSPS) is 46.3. The number of ether oxygens (including phenoxy) is 1. The molecule has 1 N–H and O–H groups in total. The lowest BCUT2D eigenvalue weighted by atomic mass is 9.44. The van der Waals surface area contributed by atoms with Crippen LogP contribution in [0.1, 0.15) is 98.3 Å². The highest BCUT2D eigenvalue weighted by Gasteiger charge is 2.60. The summed E-state index contributed by atoms with van der Waals surface area (Å²) < 4.78 is 5.61. The van der Waals surface area contributed by atoms with Crippen molar-refractivity contribution < 1.29 is 19.4 Å². The minimum Gasteiger partial charge on any atom is -0.481 e. The SMILES string of the molecule is CC(=O)O[C@H]1CC[C@@]2(C)[C@@H](CC[C@H]3[C@H]2CC[C@]2(C)[C@@H]3CC[C@H]2[C@@H](C)CCC(=O)O)C1. The minimum absolute atomic E-state index is 0.125. The molecule has 0 radical (unpaired) electrons. The summed E-state index contributed by atoms with van der Waals surface area (Å²) in [7, 11) is 0. The van der Waals surface area contributed by atoms with Gasteiger partial charge in [-0.05, 0) is 111 Å². The highest BCUT2D eigenvalue weighted by atomic mass is 16.5. The van der Waals surface area contributed by atoms with Crippen LogP contribution >= 0.6 is 0 Å². The van der Waals surface area contributed by atoms with Crippen LogP contribution in [0.15, 0.2) is 0 Å². The largest absolute Gasteiger partial charge is 0.481 e. The first-order chi connectivity index (χ1) is 14.1. The number of carbonyl (C=O) groups excluding carboxylic acids is 1. The molecular formula is C26H42O4. The lowest BCUT2D eigenvalue weighted by Gasteiger charge is -2.61. The van der Waals surface area contributed by atoms with E-state index in [-0.39, 0.29) is 12.1 Å². The number of aliphatic carboxylic acids is 1. The molecule has 0 aliphatic heterocycles. The first-order valence-electron chi connectivity index (χ1n) is 12.5. The number of hydrogen-bond acceptors (Lipinski definition) is 3. The average Bonchev–Trinajstić information content (AvgIpc) is 3.03. The first-order valence-corrected chi connectivity index (χ1v) is 12.5. The predicted molar refractivity (Wildman–Crippen MR) is 117 cm³/mol. The molecule has 0 aromatic carbocycles. The topological polar surface area (TPSA) is 63.6 Å². The summed E-state index contributed by atoms with van der Waals surface area (Å²) in [5.74, 6) is 3.60. The van der Waals surface area contributed by atoms with Crippen LogP contribution in [0.5, 0.6) is 0 Å². The van der Waals surface area contributed by atoms with Gasteiger partial charge in [-0.25, -0.2) is 0 Å². The summed E-state index contributed by atoms with van der Waals surface area (Å²) in [6, 6.07) is 0. The van der Waals surface area contributed by atoms with Crippen molar-refractivity contribution in [3.05, 3.63) is 0 Å². The fourth-order valence-electron chi connectivity index (χ4n) is 9.09. The van der Waals surface area contributed by atoms with Gasteiger partial charge >= 0.3 is 11.9 Å². The fourth-order valence-corrected chi connectivity index (χ4v) is 9.09. The minimum atomic E-state index is -0.652. The van der Waals surface area contributed by atoms with Crippen molar-refractivity contribution in [2.75, 3.05) is 0 Å². The maximum absolute atomic E-state index is 11.5. The van der Waals surface area contributed by atoms with E-state index in [1.165, 1.54) is 44.9 Å². The Morgan fingerprint density at radius 2 is 1.70 bits per heavy atom. The lowest BCUT2D eigenvalue weighted by Crippen LogP contribution is -2.54. The Morgan fingerprint density at radius 3 is 2.40 bits per heavy atom. The number of esters is 1. The van der Waals surface area contributed by atoms with Gasteiger partial charge < -0.3 is 9.84 Å². The fraction of sp³-hybridized carbons (Fsp3) is 0.923. The van der Waals surface area contributed by atoms with Gasteiger partial charge in [0.2, 0.25) is 0 Å². The number of hydrogen-bond donors (Lipinski definition) is 1. The van der Waals surface area contributed by atoms with Gasteiger partial charge in [0.1, 0.15) is 6.10 Å². The van der Waals surface area contributed by atoms with E-state index in [1.54, 1.807) is 6.92 Å². The molecular weight excluding hydrogens is 376 g/mol. The van der Waals surface area contributed by atoms with E-state index in [9.17, 15) is 9.59 Å². The quantitative estimate of drug-likeness (QED) is 0.550. The second-order valence-corrected chi connectivity index (χ2v) is 11.8. The molecule has 0 aromatic rings. The molecule has 4 aliphatic rings. The molecule has 30 heavy (non-hydrogen) atoms. The van der Waals surface area contributed by atoms with Crippen molar-refractivity contribution in [2.45, 2.75) is 104 Å². The molecule has 4 heteroatoms. The standard InChI is InChI=1S/C26H42O4/c1-16(5-10-24(28)29)21-8-9-22-20-7-6-18-15-19(30-17(2)27)11-13-25(18,3)23(20)12-14-26(21,22)4/h16,18-23H,5-15H2,1-4H3,(H,28,29)/t16-,18-,19-,20+,21-,22+,23+,25-,26-/m0/s1. The third-order valence-corrected chi connectivity index (χ3v) is 10.5. The third kappa shape index (κ3) is 3.71. The van der Waals surface area contributed by atoms with Gasteiger partial charge in [0.15, 0.2) is 0 Å². The van der Waals surface area contributed by atoms with E-state index < -0.39 is 5.97 Å². The summed E-state index contributed by atoms with van der Waals surface area (Å²) in [6.07, 6.45) is 12.5. The van der Waals surface area contributed by atoms with Crippen LogP contribution in [0.4, 0.5) is 0 Å². The number of carboxylic acid groups (broad SMARTS) is 1. The van der Waals surface area contributed by atoms with E-state index in [1.807, 2.05) is 0 Å². The Balaban J connectivity index is 1.47. The molecule has 4 fully saturated rings. The van der Waals surface area contributed by atoms with Crippen LogP contribution in [0.2, 0.25) is 0 Å². The van der Waals surface area contributed by atoms with Gasteiger partial charge in [-0.15, -0.1) is 0 Å². The summed E-state index contributed by atoms with van der Waals surface area (Å²) >= 11 is 0. The van der Waals surface area contributed by atoms with Crippen LogP contribution in [-0.4, -0.2) is 23.1 Å². The molecule has 0 amide bonds. The smallest absolute Gasteiger partial charge is 0.303 e. The molecule has 4 rings (SSSR count). The summed E-state index contributed by atoms with van der Waals surface area (Å²) in [5, 5.41) is 9.13. The Kier molecular flexibility index (Phi) is 6.00. The van der Waals surface area contributed by atoms with Crippen molar-refractivity contribution in [2.24, 2.45) is 46.3 Å². The maximum Gasteiger partial charge on any atom is 0.303 e. The molecule has 0 unspecified atom stereocenters. The molecule has 0 heterocycles. The summed E-state index contributed by atoms with van der Waals surface area (Å²) in [6.45, 7) is 8.96. The van der Waals surface area contributed by atoms with Gasteiger partial charge in [-0.2, -0.15) is 0 Å². The number of rotatable bonds is 5. The number of carboxylic acids is 1. The molecule has 0 bridgehead atoms. The zero-order valence-corrected chi connectivity index (χ0v) is 19.5. The average molecular weight is 419 g/mol. The van der Waals surface area contributed by atoms with E-state index >= 15 is 0 Å². The van der Waals surface area contributed by atoms with Crippen LogP contribution in [-0.2, 0) is 14.3 Å².